The van der Waals surface area contributed by atoms with Crippen LogP contribution in [-0.4, -0.2) is 133 Å². The Morgan fingerprint density at radius 1 is 0.689 bits per heavy atom. The molecule has 0 spiro atoms. The number of rotatable bonds is 20. The van der Waals surface area contributed by atoms with Crippen molar-refractivity contribution in [3.8, 4) is 0 Å². The van der Waals surface area contributed by atoms with E-state index in [4.69, 9.17) is 0 Å². The van der Waals surface area contributed by atoms with Gasteiger partial charge in [-0.1, -0.05) is 0 Å². The average molecular weight is 649 g/mol. The largest absolute Gasteiger partial charge is 0.354 e. The van der Waals surface area contributed by atoms with E-state index in [9.17, 15) is 47.9 Å². The molecule has 17 nitrogen and oxygen atoms in total. The minimum Gasteiger partial charge on any atom is -0.354 e. The summed E-state index contributed by atoms with van der Waals surface area (Å²) in [7, 11) is 1.45. The Labute approximate surface area is 263 Å². The molecule has 9 amide bonds. The summed E-state index contributed by atoms with van der Waals surface area (Å²) >= 11 is 1.26. The van der Waals surface area contributed by atoms with E-state index < -0.39 is 66.2 Å². The second-order valence-electron chi connectivity index (χ2n) is 9.94. The number of thioether (sulfide) groups is 1. The van der Waals surface area contributed by atoms with Crippen LogP contribution >= 0.6 is 11.8 Å². The highest BCUT2D eigenvalue weighted by Gasteiger charge is 2.38. The lowest BCUT2D eigenvalue weighted by Crippen LogP contribution is -2.44. The van der Waals surface area contributed by atoms with Crippen LogP contribution in [0.2, 0.25) is 0 Å². The van der Waals surface area contributed by atoms with E-state index in [-0.39, 0.29) is 69.4 Å². The molecule has 0 aromatic heterocycles. The van der Waals surface area contributed by atoms with Gasteiger partial charge in [0, 0.05) is 69.8 Å². The second-order valence-corrected chi connectivity index (χ2v) is 11.3. The number of hydrogen-bond donors (Lipinski definition) is 5. The molecule has 1 fully saturated rings. The zero-order valence-electron chi connectivity index (χ0n) is 24.8. The van der Waals surface area contributed by atoms with E-state index in [1.165, 1.54) is 19.6 Å². The Bertz CT molecular complexity index is 1230. The van der Waals surface area contributed by atoms with Crippen LogP contribution in [0.5, 0.6) is 0 Å². The fourth-order valence-corrected chi connectivity index (χ4v) is 5.16. The first-order valence-electron chi connectivity index (χ1n) is 14.2. The third kappa shape index (κ3) is 13.7. The molecule has 19 heteroatoms. The van der Waals surface area contributed by atoms with Crippen molar-refractivity contribution >= 4 is 78.5 Å². The number of carbonyl (C=O) groups excluding carboxylic acids is 10. The molecule has 1 saturated heterocycles. The highest BCUT2D eigenvalue weighted by atomic mass is 32.2. The maximum absolute atomic E-state index is 12.4. The molecule has 2 heterocycles. The van der Waals surface area contributed by atoms with Crippen molar-refractivity contribution < 1.29 is 47.9 Å². The van der Waals surface area contributed by atoms with Crippen molar-refractivity contribution in [3.05, 3.63) is 12.2 Å². The van der Waals surface area contributed by atoms with Crippen LogP contribution in [0.4, 0.5) is 0 Å². The molecule has 2 aliphatic heterocycles. The third-order valence-electron chi connectivity index (χ3n) is 6.33. The number of hydrogen-bond acceptors (Lipinski definition) is 11. The monoisotopic (exact) mass is 649 g/mol. The minimum atomic E-state index is -0.666. The lowest BCUT2D eigenvalue weighted by molar-refractivity contribution is -0.139. The fraction of sp³-hybridized carbons (Fsp3) is 0.538. The second kappa shape index (κ2) is 19.0. The van der Waals surface area contributed by atoms with Crippen molar-refractivity contribution in [1.82, 2.24) is 36.4 Å². The first-order valence-corrected chi connectivity index (χ1v) is 15.2. The van der Waals surface area contributed by atoms with Crippen LogP contribution in [0.15, 0.2) is 12.2 Å². The smallest absolute Gasteiger partial charge is 0.253 e. The number of imide groups is 2. The quantitative estimate of drug-likeness (QED) is 0.0619. The van der Waals surface area contributed by atoms with Crippen molar-refractivity contribution in [3.63, 3.8) is 0 Å². The van der Waals surface area contributed by atoms with Gasteiger partial charge >= 0.3 is 0 Å². The number of nitrogens with one attached hydrogen (secondary N) is 5. The Kier molecular flexibility index (Phi) is 15.5. The van der Waals surface area contributed by atoms with Gasteiger partial charge in [0.2, 0.25) is 41.4 Å². The SMILES string of the molecule is BC(=O)CCSC1CC(=O)N(CCCC(=O)NCC(=O)NCC(=O)NCC(=O)NCCC(=O)NCCN2C(=O)C=CC2=O)C1=O. The maximum Gasteiger partial charge on any atom is 0.253 e. The van der Waals surface area contributed by atoms with Gasteiger partial charge in [0.25, 0.3) is 11.8 Å². The Hall–Kier alpha value is -4.55. The first kappa shape index (κ1) is 36.6. The van der Waals surface area contributed by atoms with Gasteiger partial charge in [-0.3, -0.25) is 53.0 Å². The number of amides is 9. The van der Waals surface area contributed by atoms with Crippen molar-refractivity contribution in [2.75, 3.05) is 51.6 Å². The van der Waals surface area contributed by atoms with Crippen LogP contribution in [-0.2, 0) is 47.9 Å². The van der Waals surface area contributed by atoms with Gasteiger partial charge < -0.3 is 31.4 Å². The summed E-state index contributed by atoms with van der Waals surface area (Å²) in [4.78, 5) is 120. The van der Waals surface area contributed by atoms with E-state index in [2.05, 4.69) is 26.6 Å². The van der Waals surface area contributed by atoms with Gasteiger partial charge in [-0.05, 0) is 6.42 Å². The molecule has 0 saturated carbocycles. The molecule has 1 atom stereocenters. The molecule has 2 rings (SSSR count). The van der Waals surface area contributed by atoms with Gasteiger partial charge in [-0.15, -0.1) is 11.8 Å². The summed E-state index contributed by atoms with van der Waals surface area (Å²) in [5.41, 5.74) is 0.00218. The summed E-state index contributed by atoms with van der Waals surface area (Å²) in [5.74, 6) is -3.92. The zero-order chi connectivity index (χ0) is 33.4. The van der Waals surface area contributed by atoms with Crippen LogP contribution < -0.4 is 26.6 Å². The summed E-state index contributed by atoms with van der Waals surface area (Å²) in [6.07, 6.45) is 2.74. The molecule has 5 N–H and O–H groups in total. The van der Waals surface area contributed by atoms with Crippen LogP contribution in [0.3, 0.4) is 0 Å². The molecule has 2 aliphatic rings. The van der Waals surface area contributed by atoms with Gasteiger partial charge in [-0.25, -0.2) is 0 Å². The maximum atomic E-state index is 12.4. The molecule has 0 aromatic carbocycles. The molecular weight excluding hydrogens is 613 g/mol. The lowest BCUT2D eigenvalue weighted by Gasteiger charge is -2.14. The first-order chi connectivity index (χ1) is 21.4. The summed E-state index contributed by atoms with van der Waals surface area (Å²) < 4.78 is 0. The lowest BCUT2D eigenvalue weighted by atomic mass is 10.0. The molecule has 45 heavy (non-hydrogen) atoms. The van der Waals surface area contributed by atoms with Gasteiger partial charge in [-0.2, -0.15) is 0 Å². The van der Waals surface area contributed by atoms with Crippen molar-refractivity contribution in [2.45, 2.75) is 37.4 Å². The van der Waals surface area contributed by atoms with E-state index in [1.54, 1.807) is 0 Å². The highest BCUT2D eigenvalue weighted by molar-refractivity contribution is 8.00. The van der Waals surface area contributed by atoms with Crippen LogP contribution in [0.1, 0.15) is 32.1 Å². The summed E-state index contributed by atoms with van der Waals surface area (Å²) in [6, 6.07) is 0. The summed E-state index contributed by atoms with van der Waals surface area (Å²) in [6.45, 7) is -1.14. The summed E-state index contributed by atoms with van der Waals surface area (Å²) in [5, 5.41) is 11.4. The molecule has 0 aromatic rings. The molecule has 0 bridgehead atoms. The predicted molar refractivity (Wildman–Crippen MR) is 161 cm³/mol. The number of nitrogens with zero attached hydrogens (tertiary/aromatic N) is 2. The topological polar surface area (TPSA) is 237 Å². The van der Waals surface area contributed by atoms with Crippen LogP contribution in [0.25, 0.3) is 0 Å². The normalized spacial score (nSPS) is 15.7. The van der Waals surface area contributed by atoms with E-state index in [0.29, 0.717) is 12.2 Å². The minimum absolute atomic E-state index is 0.00218. The number of carbonyl (C=O) groups is 10. The Balaban J connectivity index is 1.48. The van der Waals surface area contributed by atoms with Gasteiger partial charge in [0.15, 0.2) is 7.85 Å². The highest BCUT2D eigenvalue weighted by Crippen LogP contribution is 2.25. The predicted octanol–water partition coefficient (Wildman–Crippen LogP) is -4.93. The van der Waals surface area contributed by atoms with E-state index in [0.717, 1.165) is 22.0 Å². The molecular formula is C26H36BN7O10S. The van der Waals surface area contributed by atoms with E-state index in [1.807, 2.05) is 0 Å². The third-order valence-corrected chi connectivity index (χ3v) is 7.54. The average Bonchev–Trinajstić information content (AvgIpc) is 3.45. The van der Waals surface area contributed by atoms with Gasteiger partial charge in [0.1, 0.15) is 0 Å². The van der Waals surface area contributed by atoms with Gasteiger partial charge in [0.05, 0.1) is 30.6 Å². The van der Waals surface area contributed by atoms with Crippen LogP contribution in [0, 0.1) is 0 Å². The van der Waals surface area contributed by atoms with E-state index >= 15 is 0 Å². The van der Waals surface area contributed by atoms with Crippen molar-refractivity contribution in [1.29, 1.82) is 0 Å². The fourth-order valence-electron chi connectivity index (χ4n) is 3.94. The Morgan fingerprint density at radius 2 is 1.22 bits per heavy atom. The standard InChI is InChI=1S/C26H36BN7O10S/c27-17(35)6-11-45-16-12-25(43)34(26(16)44)9-1-2-18(36)30-14-21(39)32-15-22(40)31-13-20(38)28-7-5-19(37)29-8-10-33-23(41)3-4-24(33)42/h3-4,16H,1-2,5-15,27H2,(H,28,38)(H,29,37)(H,30,36)(H,31,40)(H,32,39). The molecule has 244 valence electrons. The van der Waals surface area contributed by atoms with Crippen molar-refractivity contribution in [2.24, 2.45) is 0 Å². The number of likely N-dealkylation sites (tertiary alicyclic amines) is 1. The Morgan fingerprint density at radius 3 is 1.82 bits per heavy atom. The molecule has 0 radical (unpaired) electrons. The zero-order valence-corrected chi connectivity index (χ0v) is 25.6. The molecule has 0 aliphatic carbocycles. The molecule has 1 unspecified atom stereocenters.